The number of morpholine rings is 1. The van der Waals surface area contributed by atoms with E-state index in [0.717, 1.165) is 62.5 Å². The molecular formula is C26H31N3O3. The number of hydrogen-bond acceptors (Lipinski definition) is 5. The molecule has 1 fully saturated rings. The molecule has 1 N–H and O–H groups in total. The maximum Gasteiger partial charge on any atom is 0.278 e. The molecule has 2 aromatic rings. The molecule has 0 aromatic heterocycles. The van der Waals surface area contributed by atoms with E-state index in [0.29, 0.717) is 17.8 Å². The first-order valence-corrected chi connectivity index (χ1v) is 11.4. The molecule has 6 heteroatoms. The fraction of sp³-hybridized carbons (Fsp3) is 0.385. The molecule has 0 bridgehead atoms. The van der Waals surface area contributed by atoms with Crippen LogP contribution in [0.2, 0.25) is 0 Å². The van der Waals surface area contributed by atoms with Crippen LogP contribution in [0.25, 0.3) is 5.57 Å². The van der Waals surface area contributed by atoms with Crippen molar-refractivity contribution in [2.45, 2.75) is 26.7 Å². The van der Waals surface area contributed by atoms with Crippen LogP contribution in [0.15, 0.2) is 54.2 Å². The standard InChI is InChI=1S/C26H31N3O3/c1-3-20-7-11-22(12-8-20)27-24-23(21-9-5-19(2)6-10-21)25(30)29(26(24)31)14-4-13-28-15-17-32-18-16-28/h5-12,27H,3-4,13-18H2,1-2H3. The van der Waals surface area contributed by atoms with Crippen molar-refractivity contribution in [2.24, 2.45) is 0 Å². The third-order valence-corrected chi connectivity index (χ3v) is 6.10. The average molecular weight is 434 g/mol. The maximum atomic E-state index is 13.4. The number of aryl methyl sites for hydroxylation is 2. The summed E-state index contributed by atoms with van der Waals surface area (Å²) in [5.41, 5.74) is 4.70. The highest BCUT2D eigenvalue weighted by atomic mass is 16.5. The van der Waals surface area contributed by atoms with E-state index in [2.05, 4.69) is 17.1 Å². The van der Waals surface area contributed by atoms with Crippen LogP contribution in [0.4, 0.5) is 5.69 Å². The molecule has 1 saturated heterocycles. The number of benzene rings is 2. The Hall–Kier alpha value is -2.96. The largest absolute Gasteiger partial charge is 0.379 e. The molecule has 32 heavy (non-hydrogen) atoms. The summed E-state index contributed by atoms with van der Waals surface area (Å²) in [4.78, 5) is 30.4. The number of amides is 2. The highest BCUT2D eigenvalue weighted by Gasteiger charge is 2.38. The Morgan fingerprint density at radius 3 is 2.25 bits per heavy atom. The van der Waals surface area contributed by atoms with E-state index in [1.807, 2.05) is 55.5 Å². The summed E-state index contributed by atoms with van der Waals surface area (Å²) in [6.45, 7) is 8.65. The summed E-state index contributed by atoms with van der Waals surface area (Å²) in [5, 5.41) is 3.25. The Labute approximate surface area is 189 Å². The topological polar surface area (TPSA) is 61.9 Å². The predicted octanol–water partition coefficient (Wildman–Crippen LogP) is 3.47. The fourth-order valence-electron chi connectivity index (χ4n) is 4.13. The van der Waals surface area contributed by atoms with E-state index in [-0.39, 0.29) is 11.8 Å². The first kappa shape index (κ1) is 22.2. The van der Waals surface area contributed by atoms with Gasteiger partial charge in [-0.15, -0.1) is 0 Å². The van der Waals surface area contributed by atoms with Gasteiger partial charge in [-0.1, -0.05) is 48.9 Å². The van der Waals surface area contributed by atoms with Gasteiger partial charge in [0.05, 0.1) is 18.8 Å². The molecule has 0 atom stereocenters. The van der Waals surface area contributed by atoms with Crippen molar-refractivity contribution < 1.29 is 14.3 Å². The zero-order valence-corrected chi connectivity index (χ0v) is 18.9. The van der Waals surface area contributed by atoms with Crippen molar-refractivity contribution in [2.75, 3.05) is 44.7 Å². The molecule has 2 aromatic carbocycles. The van der Waals surface area contributed by atoms with Crippen LogP contribution in [-0.2, 0) is 20.7 Å². The van der Waals surface area contributed by atoms with Gasteiger partial charge in [0.2, 0.25) is 0 Å². The van der Waals surface area contributed by atoms with E-state index >= 15 is 0 Å². The Kier molecular flexibility index (Phi) is 7.02. The molecule has 6 nitrogen and oxygen atoms in total. The Bertz CT molecular complexity index is 990. The van der Waals surface area contributed by atoms with E-state index in [4.69, 9.17) is 4.74 Å². The molecule has 2 aliphatic rings. The zero-order chi connectivity index (χ0) is 22.5. The molecular weight excluding hydrogens is 402 g/mol. The minimum atomic E-state index is -0.257. The molecule has 168 valence electrons. The average Bonchev–Trinajstić information content (AvgIpc) is 3.05. The minimum Gasteiger partial charge on any atom is -0.379 e. The first-order chi connectivity index (χ1) is 15.6. The second-order valence-corrected chi connectivity index (χ2v) is 8.36. The predicted molar refractivity (Wildman–Crippen MR) is 126 cm³/mol. The van der Waals surface area contributed by atoms with Crippen LogP contribution in [0.3, 0.4) is 0 Å². The van der Waals surface area contributed by atoms with Crippen molar-refractivity contribution in [3.8, 4) is 0 Å². The lowest BCUT2D eigenvalue weighted by molar-refractivity contribution is -0.136. The second kappa shape index (κ2) is 10.1. The number of nitrogens with one attached hydrogen (secondary N) is 1. The lowest BCUT2D eigenvalue weighted by atomic mass is 10.0. The first-order valence-electron chi connectivity index (χ1n) is 11.4. The van der Waals surface area contributed by atoms with Gasteiger partial charge in [0, 0.05) is 31.9 Å². The highest BCUT2D eigenvalue weighted by molar-refractivity contribution is 6.36. The van der Waals surface area contributed by atoms with Crippen molar-refractivity contribution >= 4 is 23.1 Å². The fourth-order valence-corrected chi connectivity index (χ4v) is 4.13. The van der Waals surface area contributed by atoms with Crippen LogP contribution in [0, 0.1) is 6.92 Å². The normalized spacial score (nSPS) is 17.4. The molecule has 0 aliphatic carbocycles. The van der Waals surface area contributed by atoms with E-state index in [1.165, 1.54) is 10.5 Å². The molecule has 2 aliphatic heterocycles. The number of carbonyl (C=O) groups is 2. The third kappa shape index (κ3) is 4.92. The minimum absolute atomic E-state index is 0.228. The molecule has 0 saturated carbocycles. The summed E-state index contributed by atoms with van der Waals surface area (Å²) in [6, 6.07) is 15.7. The van der Waals surface area contributed by atoms with Crippen LogP contribution in [0.5, 0.6) is 0 Å². The van der Waals surface area contributed by atoms with E-state index in [1.54, 1.807) is 0 Å². The Morgan fingerprint density at radius 2 is 1.59 bits per heavy atom. The molecule has 2 amide bonds. The molecule has 0 radical (unpaired) electrons. The second-order valence-electron chi connectivity index (χ2n) is 8.36. The summed E-state index contributed by atoms with van der Waals surface area (Å²) in [7, 11) is 0. The van der Waals surface area contributed by atoms with Gasteiger partial charge in [0.15, 0.2) is 0 Å². The van der Waals surface area contributed by atoms with Crippen molar-refractivity contribution in [3.05, 3.63) is 70.9 Å². The Balaban J connectivity index is 1.55. The van der Waals surface area contributed by atoms with Gasteiger partial charge in [-0.2, -0.15) is 0 Å². The van der Waals surface area contributed by atoms with Crippen LogP contribution < -0.4 is 5.32 Å². The van der Waals surface area contributed by atoms with Gasteiger partial charge < -0.3 is 10.1 Å². The number of hydrogen-bond donors (Lipinski definition) is 1. The number of anilines is 1. The summed E-state index contributed by atoms with van der Waals surface area (Å²) < 4.78 is 5.39. The molecule has 0 spiro atoms. The van der Waals surface area contributed by atoms with Crippen molar-refractivity contribution in [3.63, 3.8) is 0 Å². The Morgan fingerprint density at radius 1 is 0.906 bits per heavy atom. The van der Waals surface area contributed by atoms with Gasteiger partial charge >= 0.3 is 0 Å². The van der Waals surface area contributed by atoms with Crippen LogP contribution in [-0.4, -0.2) is 61.0 Å². The molecule has 2 heterocycles. The third-order valence-electron chi connectivity index (χ3n) is 6.10. The van der Waals surface area contributed by atoms with Crippen LogP contribution >= 0.6 is 0 Å². The summed E-state index contributed by atoms with van der Waals surface area (Å²) >= 11 is 0. The summed E-state index contributed by atoms with van der Waals surface area (Å²) in [6.07, 6.45) is 1.70. The number of nitrogens with zero attached hydrogens (tertiary/aromatic N) is 2. The van der Waals surface area contributed by atoms with Gasteiger partial charge in [-0.05, 0) is 43.0 Å². The van der Waals surface area contributed by atoms with E-state index in [9.17, 15) is 9.59 Å². The number of ether oxygens (including phenoxy) is 1. The van der Waals surface area contributed by atoms with Gasteiger partial charge in [0.25, 0.3) is 11.8 Å². The van der Waals surface area contributed by atoms with Crippen molar-refractivity contribution in [1.29, 1.82) is 0 Å². The number of carbonyl (C=O) groups excluding carboxylic acids is 2. The van der Waals surface area contributed by atoms with E-state index < -0.39 is 0 Å². The lowest BCUT2D eigenvalue weighted by Gasteiger charge is -2.27. The van der Waals surface area contributed by atoms with Gasteiger partial charge in [-0.3, -0.25) is 19.4 Å². The van der Waals surface area contributed by atoms with Crippen LogP contribution in [0.1, 0.15) is 30.0 Å². The summed E-state index contributed by atoms with van der Waals surface area (Å²) in [5.74, 6) is -0.486. The van der Waals surface area contributed by atoms with Gasteiger partial charge in [0.1, 0.15) is 5.70 Å². The van der Waals surface area contributed by atoms with Gasteiger partial charge in [-0.25, -0.2) is 0 Å². The monoisotopic (exact) mass is 433 g/mol. The van der Waals surface area contributed by atoms with Crippen molar-refractivity contribution in [1.82, 2.24) is 9.80 Å². The number of rotatable bonds is 8. The maximum absolute atomic E-state index is 13.4. The molecule has 0 unspecified atom stereocenters. The number of imide groups is 1. The lowest BCUT2D eigenvalue weighted by Crippen LogP contribution is -2.39. The highest BCUT2D eigenvalue weighted by Crippen LogP contribution is 2.31. The quantitative estimate of drug-likeness (QED) is 0.646. The SMILES string of the molecule is CCc1ccc(NC2=C(c3ccc(C)cc3)C(=O)N(CCCN3CCOCC3)C2=O)cc1. The zero-order valence-electron chi connectivity index (χ0n) is 18.9. The molecule has 4 rings (SSSR count). The smallest absolute Gasteiger partial charge is 0.278 e.